The summed E-state index contributed by atoms with van der Waals surface area (Å²) in [5.41, 5.74) is 1.99. The molecule has 8 heteroatoms. The predicted octanol–water partition coefficient (Wildman–Crippen LogP) is 3.37. The van der Waals surface area contributed by atoms with Gasteiger partial charge in [-0.05, 0) is 53.3 Å². The molecule has 0 fully saturated rings. The number of methoxy groups -OCH3 is 1. The van der Waals surface area contributed by atoms with Gasteiger partial charge in [0.15, 0.2) is 0 Å². The minimum absolute atomic E-state index is 0.0886. The second kappa shape index (κ2) is 10.8. The van der Waals surface area contributed by atoms with Gasteiger partial charge in [0.1, 0.15) is 18.1 Å². The topological polar surface area (TPSA) is 84.9 Å². The lowest BCUT2D eigenvalue weighted by Crippen LogP contribution is -2.28. The number of hydrogen-bond acceptors (Lipinski definition) is 5. The number of hydrogen-bond donors (Lipinski definition) is 1. The lowest BCUT2D eigenvalue weighted by atomic mass is 9.87. The first kappa shape index (κ1) is 25.7. The van der Waals surface area contributed by atoms with Crippen molar-refractivity contribution in [2.75, 3.05) is 34.4 Å². The van der Waals surface area contributed by atoms with E-state index in [1.165, 1.54) is 32.8 Å². The Morgan fingerprint density at radius 1 is 1.06 bits per heavy atom. The standard InChI is InChI=1S/C24H34N2O5S/c1-24(2,3)19-8-10-20(11-9-19)31-16-15-25-23(27)14-7-18-17-21(12-13-22(18)30-6)32(28,29)26(4)5/h8-13,17H,7,14-16H2,1-6H3,(H,25,27). The molecule has 0 aliphatic heterocycles. The summed E-state index contributed by atoms with van der Waals surface area (Å²) in [7, 11) is 0.921. The van der Waals surface area contributed by atoms with Crippen molar-refractivity contribution in [3.05, 3.63) is 53.6 Å². The van der Waals surface area contributed by atoms with Crippen LogP contribution in [0.4, 0.5) is 0 Å². The van der Waals surface area contributed by atoms with E-state index >= 15 is 0 Å². The fourth-order valence-electron chi connectivity index (χ4n) is 3.07. The summed E-state index contributed by atoms with van der Waals surface area (Å²) in [5.74, 6) is 1.17. The summed E-state index contributed by atoms with van der Waals surface area (Å²) < 4.78 is 36.9. The number of aryl methyl sites for hydroxylation is 1. The molecule has 2 rings (SSSR count). The minimum atomic E-state index is -3.56. The van der Waals surface area contributed by atoms with Crippen molar-refractivity contribution in [3.8, 4) is 11.5 Å². The van der Waals surface area contributed by atoms with E-state index in [2.05, 4.69) is 26.1 Å². The van der Waals surface area contributed by atoms with Crippen LogP contribution in [0.25, 0.3) is 0 Å². The number of sulfonamides is 1. The molecule has 1 amide bonds. The molecule has 1 N–H and O–H groups in total. The maximum Gasteiger partial charge on any atom is 0.242 e. The zero-order valence-electron chi connectivity index (χ0n) is 19.8. The normalized spacial score (nSPS) is 12.0. The highest BCUT2D eigenvalue weighted by Gasteiger charge is 2.19. The third-order valence-electron chi connectivity index (χ3n) is 5.07. The highest BCUT2D eigenvalue weighted by Crippen LogP contribution is 2.25. The first-order valence-corrected chi connectivity index (χ1v) is 12.0. The SMILES string of the molecule is COc1ccc(S(=O)(=O)N(C)C)cc1CCC(=O)NCCOc1ccc(C(C)(C)C)cc1. The summed E-state index contributed by atoms with van der Waals surface area (Å²) in [4.78, 5) is 12.4. The maximum atomic E-state index is 12.4. The van der Waals surface area contributed by atoms with Crippen LogP contribution in [0.15, 0.2) is 47.4 Å². The van der Waals surface area contributed by atoms with Crippen LogP contribution in [0.5, 0.6) is 11.5 Å². The Bertz CT molecular complexity index is 1010. The molecule has 176 valence electrons. The van der Waals surface area contributed by atoms with Crippen molar-refractivity contribution in [3.63, 3.8) is 0 Å². The van der Waals surface area contributed by atoms with Crippen molar-refractivity contribution < 1.29 is 22.7 Å². The summed E-state index contributed by atoms with van der Waals surface area (Å²) >= 11 is 0. The van der Waals surface area contributed by atoms with Crippen LogP contribution in [0.3, 0.4) is 0 Å². The van der Waals surface area contributed by atoms with E-state index in [-0.39, 0.29) is 22.6 Å². The molecule has 0 bridgehead atoms. The fraction of sp³-hybridized carbons (Fsp3) is 0.458. The molecule has 0 aromatic heterocycles. The van der Waals surface area contributed by atoms with E-state index in [0.29, 0.717) is 30.9 Å². The summed E-state index contributed by atoms with van der Waals surface area (Å²) in [5, 5.41) is 2.83. The van der Waals surface area contributed by atoms with Gasteiger partial charge in [-0.3, -0.25) is 4.79 Å². The van der Waals surface area contributed by atoms with Crippen LogP contribution in [0.2, 0.25) is 0 Å². The van der Waals surface area contributed by atoms with Gasteiger partial charge < -0.3 is 14.8 Å². The van der Waals surface area contributed by atoms with E-state index < -0.39 is 10.0 Å². The zero-order valence-corrected chi connectivity index (χ0v) is 20.6. The Balaban J connectivity index is 1.85. The molecule has 0 spiro atoms. The molecule has 0 atom stereocenters. The molecule has 2 aromatic rings. The molecule has 0 saturated carbocycles. The third kappa shape index (κ3) is 6.97. The van der Waals surface area contributed by atoms with E-state index in [4.69, 9.17) is 9.47 Å². The van der Waals surface area contributed by atoms with Gasteiger partial charge in [0.2, 0.25) is 15.9 Å². The van der Waals surface area contributed by atoms with Crippen molar-refractivity contribution >= 4 is 15.9 Å². The lowest BCUT2D eigenvalue weighted by molar-refractivity contribution is -0.121. The van der Waals surface area contributed by atoms with Gasteiger partial charge in [0.25, 0.3) is 0 Å². The second-order valence-corrected chi connectivity index (χ2v) is 10.9. The fourth-order valence-corrected chi connectivity index (χ4v) is 4.02. The van der Waals surface area contributed by atoms with Crippen LogP contribution < -0.4 is 14.8 Å². The van der Waals surface area contributed by atoms with Gasteiger partial charge in [-0.25, -0.2) is 12.7 Å². The number of ether oxygens (including phenoxy) is 2. The van der Waals surface area contributed by atoms with Gasteiger partial charge in [0, 0.05) is 20.5 Å². The smallest absolute Gasteiger partial charge is 0.242 e. The average Bonchev–Trinajstić information content (AvgIpc) is 2.74. The Kier molecular flexibility index (Phi) is 8.69. The monoisotopic (exact) mass is 462 g/mol. The lowest BCUT2D eigenvalue weighted by Gasteiger charge is -2.19. The first-order chi connectivity index (χ1) is 14.9. The van der Waals surface area contributed by atoms with Crippen molar-refractivity contribution in [2.45, 2.75) is 43.9 Å². The van der Waals surface area contributed by atoms with Gasteiger partial charge in [-0.15, -0.1) is 0 Å². The first-order valence-electron chi connectivity index (χ1n) is 10.5. The molecule has 0 aliphatic rings. The van der Waals surface area contributed by atoms with Crippen LogP contribution >= 0.6 is 0 Å². The van der Waals surface area contributed by atoms with Crippen molar-refractivity contribution in [1.82, 2.24) is 9.62 Å². The second-order valence-electron chi connectivity index (χ2n) is 8.73. The highest BCUT2D eigenvalue weighted by atomic mass is 32.2. The number of nitrogens with one attached hydrogen (secondary N) is 1. The number of carbonyl (C=O) groups excluding carboxylic acids is 1. The molecular formula is C24H34N2O5S. The van der Waals surface area contributed by atoms with Gasteiger partial charge in [-0.2, -0.15) is 0 Å². The third-order valence-corrected chi connectivity index (χ3v) is 6.88. The number of carbonyl (C=O) groups is 1. The molecule has 2 aromatic carbocycles. The molecule has 0 saturated heterocycles. The number of nitrogens with zero attached hydrogens (tertiary/aromatic N) is 1. The summed E-state index contributed by atoms with van der Waals surface area (Å²) in [6.07, 6.45) is 0.572. The largest absolute Gasteiger partial charge is 0.496 e. The van der Waals surface area contributed by atoms with E-state index in [9.17, 15) is 13.2 Å². The number of amides is 1. The maximum absolute atomic E-state index is 12.4. The van der Waals surface area contributed by atoms with Crippen molar-refractivity contribution in [2.24, 2.45) is 0 Å². The molecule has 0 aliphatic carbocycles. The van der Waals surface area contributed by atoms with Crippen LogP contribution in [-0.4, -0.2) is 53.0 Å². The van der Waals surface area contributed by atoms with Gasteiger partial charge in [-0.1, -0.05) is 32.9 Å². The molecular weight excluding hydrogens is 428 g/mol. The predicted molar refractivity (Wildman–Crippen MR) is 126 cm³/mol. The summed E-state index contributed by atoms with van der Waals surface area (Å²) in [6.45, 7) is 7.22. The van der Waals surface area contributed by atoms with Gasteiger partial charge in [0.05, 0.1) is 18.6 Å². The van der Waals surface area contributed by atoms with Crippen LogP contribution in [0, 0.1) is 0 Å². The van der Waals surface area contributed by atoms with E-state index in [0.717, 1.165) is 10.1 Å². The quantitative estimate of drug-likeness (QED) is 0.547. The molecule has 0 heterocycles. The van der Waals surface area contributed by atoms with E-state index in [1.807, 2.05) is 24.3 Å². The molecule has 0 radical (unpaired) electrons. The van der Waals surface area contributed by atoms with Crippen molar-refractivity contribution in [1.29, 1.82) is 0 Å². The number of rotatable bonds is 10. The Labute approximate surface area is 191 Å². The van der Waals surface area contributed by atoms with Crippen LogP contribution in [-0.2, 0) is 26.7 Å². The Morgan fingerprint density at radius 2 is 1.72 bits per heavy atom. The highest BCUT2D eigenvalue weighted by molar-refractivity contribution is 7.89. The molecule has 0 unspecified atom stereocenters. The van der Waals surface area contributed by atoms with Gasteiger partial charge >= 0.3 is 0 Å². The molecule has 32 heavy (non-hydrogen) atoms. The van der Waals surface area contributed by atoms with E-state index in [1.54, 1.807) is 12.1 Å². The Morgan fingerprint density at radius 3 is 2.28 bits per heavy atom. The summed E-state index contributed by atoms with van der Waals surface area (Å²) in [6, 6.07) is 12.6. The molecule has 7 nitrogen and oxygen atoms in total. The zero-order chi connectivity index (χ0) is 23.9. The average molecular weight is 463 g/mol. The Hall–Kier alpha value is -2.58. The minimum Gasteiger partial charge on any atom is -0.496 e. The number of benzene rings is 2. The van der Waals surface area contributed by atoms with Crippen LogP contribution in [0.1, 0.15) is 38.3 Å².